The molecule has 2 aromatic rings. The van der Waals surface area contributed by atoms with Gasteiger partial charge >= 0.3 is 0 Å². The topological polar surface area (TPSA) is 51.2 Å². The van der Waals surface area contributed by atoms with Gasteiger partial charge in [-0.1, -0.05) is 6.92 Å². The summed E-state index contributed by atoms with van der Waals surface area (Å²) in [6.45, 7) is 9.13. The summed E-state index contributed by atoms with van der Waals surface area (Å²) in [5.74, 6) is 1.74. The Kier molecular flexibility index (Phi) is 3.57. The third-order valence-electron chi connectivity index (χ3n) is 2.74. The molecule has 0 aliphatic rings. The lowest BCUT2D eigenvalue weighted by molar-refractivity contribution is 0.421. The Morgan fingerprint density at radius 3 is 2.72 bits per heavy atom. The third kappa shape index (κ3) is 2.82. The van der Waals surface area contributed by atoms with Crippen molar-refractivity contribution in [2.24, 2.45) is 0 Å². The number of oxazole rings is 1. The van der Waals surface area contributed by atoms with Crippen LogP contribution in [0.4, 0.5) is 0 Å². The van der Waals surface area contributed by atoms with E-state index in [4.69, 9.17) is 8.83 Å². The van der Waals surface area contributed by atoms with Gasteiger partial charge in [0.15, 0.2) is 12.2 Å². The van der Waals surface area contributed by atoms with Crippen molar-refractivity contribution in [2.75, 3.05) is 0 Å². The molecule has 0 aliphatic heterocycles. The highest BCUT2D eigenvalue weighted by atomic mass is 16.3. The molecule has 2 aromatic heterocycles. The Morgan fingerprint density at radius 2 is 2.06 bits per heavy atom. The van der Waals surface area contributed by atoms with Crippen molar-refractivity contribution in [1.29, 1.82) is 0 Å². The molecule has 0 aromatic carbocycles. The molecule has 0 bridgehead atoms. The zero-order valence-corrected chi connectivity index (χ0v) is 11.4. The average Bonchev–Trinajstić information content (AvgIpc) is 2.93. The first-order chi connectivity index (χ1) is 8.51. The first-order valence-corrected chi connectivity index (χ1v) is 6.25. The quantitative estimate of drug-likeness (QED) is 0.901. The molecule has 0 saturated carbocycles. The minimum Gasteiger partial charge on any atom is -0.469 e. The molecular weight excluding hydrogens is 228 g/mol. The first-order valence-electron chi connectivity index (χ1n) is 6.25. The van der Waals surface area contributed by atoms with E-state index in [1.54, 1.807) is 6.26 Å². The summed E-state index contributed by atoms with van der Waals surface area (Å²) in [4.78, 5) is 4.28. The highest BCUT2D eigenvalue weighted by Crippen LogP contribution is 2.28. The van der Waals surface area contributed by atoms with E-state index in [0.717, 1.165) is 29.2 Å². The summed E-state index contributed by atoms with van der Waals surface area (Å²) >= 11 is 0. The Morgan fingerprint density at radius 1 is 1.28 bits per heavy atom. The van der Waals surface area contributed by atoms with E-state index in [1.165, 1.54) is 6.39 Å². The molecule has 0 atom stereocenters. The molecular formula is C14H20N2O2. The largest absolute Gasteiger partial charge is 0.469 e. The van der Waals surface area contributed by atoms with E-state index in [0.29, 0.717) is 6.54 Å². The summed E-state index contributed by atoms with van der Waals surface area (Å²) in [5, 5.41) is 3.41. The smallest absolute Gasteiger partial charge is 0.181 e. The Labute approximate surface area is 107 Å². The van der Waals surface area contributed by atoms with Gasteiger partial charge in [0.25, 0.3) is 0 Å². The van der Waals surface area contributed by atoms with Crippen molar-refractivity contribution in [3.05, 3.63) is 30.2 Å². The molecule has 4 heteroatoms. The number of hydrogen-bond acceptors (Lipinski definition) is 4. The van der Waals surface area contributed by atoms with Gasteiger partial charge in [-0.3, -0.25) is 0 Å². The van der Waals surface area contributed by atoms with Gasteiger partial charge in [0.1, 0.15) is 11.5 Å². The van der Waals surface area contributed by atoms with Crippen molar-refractivity contribution < 1.29 is 8.83 Å². The minimum absolute atomic E-state index is 0.0558. The second-order valence-electron chi connectivity index (χ2n) is 5.34. The van der Waals surface area contributed by atoms with Crippen molar-refractivity contribution in [3.8, 4) is 11.3 Å². The Bertz CT molecular complexity index is 506. The van der Waals surface area contributed by atoms with Gasteiger partial charge in [0.2, 0.25) is 0 Å². The van der Waals surface area contributed by atoms with Gasteiger partial charge in [-0.05, 0) is 26.8 Å². The molecule has 18 heavy (non-hydrogen) atoms. The fraction of sp³-hybridized carbons (Fsp3) is 0.500. The molecule has 2 rings (SSSR count). The number of hydrogen-bond donors (Lipinski definition) is 1. The normalized spacial score (nSPS) is 12.0. The van der Waals surface area contributed by atoms with Crippen LogP contribution in [0.5, 0.6) is 0 Å². The highest BCUT2D eigenvalue weighted by molar-refractivity contribution is 5.61. The van der Waals surface area contributed by atoms with Crippen LogP contribution in [0.25, 0.3) is 11.3 Å². The predicted octanol–water partition coefficient (Wildman–Crippen LogP) is 3.39. The summed E-state index contributed by atoms with van der Waals surface area (Å²) < 4.78 is 10.9. The zero-order valence-electron chi connectivity index (χ0n) is 11.4. The molecule has 1 N–H and O–H groups in total. The number of aryl methyl sites for hydroxylation is 1. The second-order valence-corrected chi connectivity index (χ2v) is 5.34. The molecule has 4 nitrogen and oxygen atoms in total. The first kappa shape index (κ1) is 12.9. The molecule has 0 saturated heterocycles. The molecule has 0 radical (unpaired) electrons. The maximum absolute atomic E-state index is 5.51. The maximum atomic E-state index is 5.51. The summed E-state index contributed by atoms with van der Waals surface area (Å²) in [6, 6.07) is 1.93. The minimum atomic E-state index is 0.0558. The Balaban J connectivity index is 2.23. The summed E-state index contributed by atoms with van der Waals surface area (Å²) in [5.41, 5.74) is 1.97. The molecule has 98 valence electrons. The van der Waals surface area contributed by atoms with Crippen molar-refractivity contribution in [1.82, 2.24) is 10.3 Å². The van der Waals surface area contributed by atoms with Crippen LogP contribution in [0.3, 0.4) is 0 Å². The van der Waals surface area contributed by atoms with Crippen LogP contribution in [0.1, 0.15) is 39.1 Å². The summed E-state index contributed by atoms with van der Waals surface area (Å²) in [6.07, 6.45) is 4.02. The fourth-order valence-electron chi connectivity index (χ4n) is 1.78. The van der Waals surface area contributed by atoms with Gasteiger partial charge in [0.05, 0.1) is 11.8 Å². The SMILES string of the molecule is CCc1occc1-c1ocnc1CNC(C)(C)C. The number of aromatic nitrogens is 1. The number of nitrogens with zero attached hydrogens (tertiary/aromatic N) is 1. The van der Waals surface area contributed by atoms with E-state index in [-0.39, 0.29) is 5.54 Å². The van der Waals surface area contributed by atoms with Crippen LogP contribution in [0.2, 0.25) is 0 Å². The van der Waals surface area contributed by atoms with Crippen LogP contribution in [0, 0.1) is 0 Å². The molecule has 0 fully saturated rings. The second kappa shape index (κ2) is 4.98. The van der Waals surface area contributed by atoms with Gasteiger partial charge in [-0.25, -0.2) is 4.98 Å². The van der Waals surface area contributed by atoms with Crippen LogP contribution in [-0.4, -0.2) is 10.5 Å². The predicted molar refractivity (Wildman–Crippen MR) is 70.2 cm³/mol. The zero-order chi connectivity index (χ0) is 13.2. The van der Waals surface area contributed by atoms with Crippen LogP contribution in [-0.2, 0) is 13.0 Å². The van der Waals surface area contributed by atoms with Crippen molar-refractivity contribution >= 4 is 0 Å². The van der Waals surface area contributed by atoms with E-state index in [2.05, 4.69) is 38.0 Å². The van der Waals surface area contributed by atoms with E-state index >= 15 is 0 Å². The lowest BCUT2D eigenvalue weighted by Crippen LogP contribution is -2.35. The lowest BCUT2D eigenvalue weighted by atomic mass is 10.1. The van der Waals surface area contributed by atoms with Crippen LogP contribution in [0.15, 0.2) is 27.6 Å². The molecule has 2 heterocycles. The van der Waals surface area contributed by atoms with Gasteiger partial charge < -0.3 is 14.2 Å². The van der Waals surface area contributed by atoms with Crippen molar-refractivity contribution in [3.63, 3.8) is 0 Å². The van der Waals surface area contributed by atoms with Gasteiger partial charge in [-0.15, -0.1) is 0 Å². The number of nitrogens with one attached hydrogen (secondary N) is 1. The lowest BCUT2D eigenvalue weighted by Gasteiger charge is -2.19. The molecule has 0 amide bonds. The monoisotopic (exact) mass is 248 g/mol. The van der Waals surface area contributed by atoms with Crippen LogP contribution >= 0.6 is 0 Å². The molecule has 0 aliphatic carbocycles. The fourth-order valence-corrected chi connectivity index (χ4v) is 1.78. The van der Waals surface area contributed by atoms with Crippen LogP contribution < -0.4 is 5.32 Å². The standard InChI is InChI=1S/C14H20N2O2/c1-5-12-10(6-7-17-12)13-11(15-9-18-13)8-16-14(2,3)4/h6-7,9,16H,5,8H2,1-4H3. The van der Waals surface area contributed by atoms with Gasteiger partial charge in [0, 0.05) is 18.5 Å². The maximum Gasteiger partial charge on any atom is 0.181 e. The van der Waals surface area contributed by atoms with Crippen molar-refractivity contribution in [2.45, 2.75) is 46.2 Å². The highest BCUT2D eigenvalue weighted by Gasteiger charge is 2.17. The van der Waals surface area contributed by atoms with E-state index in [9.17, 15) is 0 Å². The number of rotatable bonds is 4. The molecule has 0 unspecified atom stereocenters. The van der Waals surface area contributed by atoms with E-state index in [1.807, 2.05) is 6.07 Å². The molecule has 0 spiro atoms. The number of furan rings is 1. The van der Waals surface area contributed by atoms with Gasteiger partial charge in [-0.2, -0.15) is 0 Å². The van der Waals surface area contributed by atoms with E-state index < -0.39 is 0 Å². The summed E-state index contributed by atoms with van der Waals surface area (Å²) in [7, 11) is 0. The third-order valence-corrected chi connectivity index (χ3v) is 2.74. The average molecular weight is 248 g/mol. The Hall–Kier alpha value is -1.55.